The molecule has 2 aromatic carbocycles. The normalized spacial score (nSPS) is 13.1. The number of nitrogens with one attached hydrogen (secondary N) is 2. The number of hydrogen-bond donors (Lipinski definition) is 2. The average molecular weight is 375 g/mol. The Balaban J connectivity index is 2.10. The van der Waals surface area contributed by atoms with E-state index in [1.165, 1.54) is 11.6 Å². The molecule has 0 unspecified atom stereocenters. The Labute approximate surface area is 155 Å². The molecule has 0 spiro atoms. The van der Waals surface area contributed by atoms with Crippen LogP contribution in [-0.4, -0.2) is 20.6 Å². The molecule has 5 nitrogen and oxygen atoms in total. The monoisotopic (exact) mass is 374 g/mol. The van der Waals surface area contributed by atoms with Crippen molar-refractivity contribution < 1.29 is 13.2 Å². The minimum Gasteiger partial charge on any atom is -0.346 e. The lowest BCUT2D eigenvalue weighted by Gasteiger charge is -2.21. The second-order valence-electron chi connectivity index (χ2n) is 7.52. The summed E-state index contributed by atoms with van der Waals surface area (Å²) in [5, 5.41) is 2.94. The molecule has 0 radical (unpaired) electrons. The molecule has 0 aromatic heterocycles. The lowest BCUT2D eigenvalue weighted by Crippen LogP contribution is -2.26. The van der Waals surface area contributed by atoms with Gasteiger partial charge < -0.3 is 5.32 Å². The second kappa shape index (κ2) is 7.50. The van der Waals surface area contributed by atoms with Crippen molar-refractivity contribution in [2.75, 3.05) is 11.0 Å². The van der Waals surface area contributed by atoms with E-state index in [1.807, 2.05) is 19.1 Å². The van der Waals surface area contributed by atoms with Crippen molar-refractivity contribution in [1.29, 1.82) is 0 Å². The molecule has 0 aliphatic carbocycles. The van der Waals surface area contributed by atoms with Gasteiger partial charge in [-0.05, 0) is 41.7 Å². The highest BCUT2D eigenvalue weighted by atomic mass is 32.2. The second-order valence-corrected chi connectivity index (χ2v) is 9.27. The highest BCUT2D eigenvalue weighted by molar-refractivity contribution is 7.92. The summed E-state index contributed by atoms with van der Waals surface area (Å²) in [7, 11) is -3.38. The largest absolute Gasteiger partial charge is 0.346 e. The van der Waals surface area contributed by atoms with E-state index in [0.717, 1.165) is 11.8 Å². The number of carbonyl (C=O) groups is 1. The molecular weight excluding hydrogens is 348 g/mol. The number of hydrogen-bond acceptors (Lipinski definition) is 3. The van der Waals surface area contributed by atoms with Crippen LogP contribution < -0.4 is 10.0 Å². The van der Waals surface area contributed by atoms with Crippen LogP contribution in [0.5, 0.6) is 0 Å². The van der Waals surface area contributed by atoms with Gasteiger partial charge in [0.25, 0.3) is 5.91 Å². The van der Waals surface area contributed by atoms with E-state index >= 15 is 0 Å². The van der Waals surface area contributed by atoms with Gasteiger partial charge in [-0.1, -0.05) is 51.1 Å². The van der Waals surface area contributed by atoms with E-state index in [0.29, 0.717) is 11.3 Å². The van der Waals surface area contributed by atoms with Crippen LogP contribution in [0.4, 0.5) is 5.69 Å². The van der Waals surface area contributed by atoms with Crippen molar-refractivity contribution >= 4 is 21.6 Å². The predicted octanol–water partition coefficient (Wildman–Crippen LogP) is 3.85. The molecule has 0 aliphatic heterocycles. The third-order valence-corrected chi connectivity index (χ3v) is 4.66. The number of benzene rings is 2. The molecule has 2 N–H and O–H groups in total. The average Bonchev–Trinajstić information content (AvgIpc) is 2.52. The summed E-state index contributed by atoms with van der Waals surface area (Å²) >= 11 is 0. The summed E-state index contributed by atoms with van der Waals surface area (Å²) in [4.78, 5) is 12.5. The first-order valence-corrected chi connectivity index (χ1v) is 10.3. The Morgan fingerprint density at radius 3 is 2.19 bits per heavy atom. The molecule has 0 fully saturated rings. The molecule has 1 amide bonds. The van der Waals surface area contributed by atoms with Crippen LogP contribution in [0.1, 0.15) is 55.2 Å². The molecule has 0 bridgehead atoms. The lowest BCUT2D eigenvalue weighted by molar-refractivity contribution is 0.0940. The quantitative estimate of drug-likeness (QED) is 0.835. The summed E-state index contributed by atoms with van der Waals surface area (Å²) in [5.74, 6) is -0.255. The highest BCUT2D eigenvalue weighted by Gasteiger charge is 2.16. The number of rotatable bonds is 5. The molecule has 0 saturated heterocycles. The van der Waals surface area contributed by atoms with E-state index in [9.17, 15) is 13.2 Å². The first-order chi connectivity index (χ1) is 12.0. The number of carbonyl (C=O) groups excluding carboxylic acids is 1. The van der Waals surface area contributed by atoms with Crippen LogP contribution in [0.15, 0.2) is 48.5 Å². The van der Waals surface area contributed by atoms with Gasteiger partial charge in [-0.15, -0.1) is 0 Å². The first kappa shape index (κ1) is 20.0. The van der Waals surface area contributed by atoms with Gasteiger partial charge in [0, 0.05) is 11.3 Å². The smallest absolute Gasteiger partial charge is 0.251 e. The van der Waals surface area contributed by atoms with Crippen LogP contribution in [-0.2, 0) is 15.4 Å². The molecule has 0 aliphatic rings. The van der Waals surface area contributed by atoms with Gasteiger partial charge in [-0.3, -0.25) is 9.52 Å². The van der Waals surface area contributed by atoms with Gasteiger partial charge in [-0.2, -0.15) is 0 Å². The molecule has 2 aromatic rings. The third kappa shape index (κ3) is 5.59. The first-order valence-electron chi connectivity index (χ1n) is 8.45. The van der Waals surface area contributed by atoms with Gasteiger partial charge in [0.1, 0.15) is 0 Å². The van der Waals surface area contributed by atoms with Crippen molar-refractivity contribution in [2.45, 2.75) is 39.2 Å². The van der Waals surface area contributed by atoms with Crippen molar-refractivity contribution in [3.63, 3.8) is 0 Å². The third-order valence-electron chi connectivity index (χ3n) is 4.05. The minimum atomic E-state index is -3.38. The van der Waals surface area contributed by atoms with Gasteiger partial charge >= 0.3 is 0 Å². The fourth-order valence-corrected chi connectivity index (χ4v) is 3.13. The Kier molecular flexibility index (Phi) is 5.76. The Hall–Kier alpha value is -2.34. The lowest BCUT2D eigenvalue weighted by atomic mass is 9.86. The molecule has 1 atom stereocenters. The van der Waals surface area contributed by atoms with Gasteiger partial charge in [0.2, 0.25) is 10.0 Å². The summed E-state index contributed by atoms with van der Waals surface area (Å²) in [6.45, 7) is 8.39. The topological polar surface area (TPSA) is 75.3 Å². The van der Waals surface area contributed by atoms with E-state index in [4.69, 9.17) is 0 Å². The highest BCUT2D eigenvalue weighted by Crippen LogP contribution is 2.24. The summed E-state index contributed by atoms with van der Waals surface area (Å²) in [6.07, 6.45) is 1.07. The van der Waals surface area contributed by atoms with E-state index in [-0.39, 0.29) is 17.4 Å². The standard InChI is InChI=1S/C20H26N2O3S/c1-14(15-9-11-17(12-10-15)20(2,3)4)21-19(23)16-7-6-8-18(13-16)22-26(5,24)25/h6-14,22H,1-5H3,(H,21,23)/t14-/m0/s1. The zero-order valence-corrected chi connectivity index (χ0v) is 16.6. The van der Waals surface area contributed by atoms with Crippen LogP contribution in [0, 0.1) is 0 Å². The van der Waals surface area contributed by atoms with E-state index in [1.54, 1.807) is 18.2 Å². The molecule has 2 rings (SSSR count). The summed E-state index contributed by atoms with van der Waals surface area (Å²) < 4.78 is 25.0. The fourth-order valence-electron chi connectivity index (χ4n) is 2.57. The Morgan fingerprint density at radius 2 is 1.65 bits per heavy atom. The molecule has 0 saturated carbocycles. The van der Waals surface area contributed by atoms with Crippen molar-refractivity contribution in [1.82, 2.24) is 5.32 Å². The number of anilines is 1. The number of sulfonamides is 1. The molecule has 0 heterocycles. The predicted molar refractivity (Wildman–Crippen MR) is 106 cm³/mol. The maximum atomic E-state index is 12.5. The zero-order chi connectivity index (χ0) is 19.5. The minimum absolute atomic E-state index is 0.0814. The van der Waals surface area contributed by atoms with Crippen molar-refractivity contribution in [3.8, 4) is 0 Å². The summed E-state index contributed by atoms with van der Waals surface area (Å²) in [5.41, 5.74) is 3.09. The van der Waals surface area contributed by atoms with Crippen molar-refractivity contribution in [2.24, 2.45) is 0 Å². The number of amides is 1. The SMILES string of the molecule is C[C@H](NC(=O)c1cccc(NS(C)(=O)=O)c1)c1ccc(C(C)(C)C)cc1. The van der Waals surface area contributed by atoms with E-state index < -0.39 is 10.0 Å². The Morgan fingerprint density at radius 1 is 1.04 bits per heavy atom. The summed E-state index contributed by atoms with van der Waals surface area (Å²) in [6, 6.07) is 14.5. The van der Waals surface area contributed by atoms with Crippen LogP contribution in [0.3, 0.4) is 0 Å². The fraction of sp³-hybridized carbons (Fsp3) is 0.350. The molecule has 26 heavy (non-hydrogen) atoms. The van der Waals surface area contributed by atoms with Crippen LogP contribution in [0.25, 0.3) is 0 Å². The molecule has 6 heteroatoms. The maximum absolute atomic E-state index is 12.5. The van der Waals surface area contributed by atoms with Crippen LogP contribution in [0.2, 0.25) is 0 Å². The molecular formula is C20H26N2O3S. The maximum Gasteiger partial charge on any atom is 0.251 e. The van der Waals surface area contributed by atoms with Gasteiger partial charge in [0.15, 0.2) is 0 Å². The van der Waals surface area contributed by atoms with E-state index in [2.05, 4.69) is 42.9 Å². The zero-order valence-electron chi connectivity index (χ0n) is 15.8. The molecule has 140 valence electrons. The van der Waals surface area contributed by atoms with Gasteiger partial charge in [-0.25, -0.2) is 8.42 Å². The van der Waals surface area contributed by atoms with Crippen LogP contribution >= 0.6 is 0 Å². The van der Waals surface area contributed by atoms with Gasteiger partial charge in [0.05, 0.1) is 12.3 Å². The Bertz CT molecular complexity index is 882. The van der Waals surface area contributed by atoms with Crippen molar-refractivity contribution in [3.05, 3.63) is 65.2 Å².